The standard InChI is InChI=1S/C24H25BrN4O/c1-4-29-23(21(25)13-27-29)14-26-24(30)19-10-11-22-20(12-19)16(2)17(3)28(22)15-18-8-6-5-7-9-18/h5-13H,4,14-15H2,1-3H3,(H,26,30). The minimum atomic E-state index is -0.0829. The molecule has 0 saturated carbocycles. The van der Waals surface area contributed by atoms with Gasteiger partial charge in [0.25, 0.3) is 5.91 Å². The smallest absolute Gasteiger partial charge is 0.251 e. The van der Waals surface area contributed by atoms with E-state index < -0.39 is 0 Å². The second-order valence-electron chi connectivity index (χ2n) is 7.45. The molecule has 1 amide bonds. The van der Waals surface area contributed by atoms with Crippen LogP contribution in [0.5, 0.6) is 0 Å². The van der Waals surface area contributed by atoms with Crippen molar-refractivity contribution in [3.63, 3.8) is 0 Å². The van der Waals surface area contributed by atoms with Crippen LogP contribution in [-0.4, -0.2) is 20.3 Å². The highest BCUT2D eigenvalue weighted by Crippen LogP contribution is 2.27. The highest BCUT2D eigenvalue weighted by Gasteiger charge is 2.15. The van der Waals surface area contributed by atoms with Crippen LogP contribution in [0, 0.1) is 13.8 Å². The Kier molecular flexibility index (Phi) is 5.77. The molecule has 0 saturated heterocycles. The minimum Gasteiger partial charge on any atom is -0.346 e. The van der Waals surface area contributed by atoms with Crippen molar-refractivity contribution in [1.82, 2.24) is 19.7 Å². The second kappa shape index (κ2) is 8.48. The molecule has 154 valence electrons. The Morgan fingerprint density at radius 1 is 1.13 bits per heavy atom. The van der Waals surface area contributed by atoms with E-state index in [1.165, 1.54) is 16.8 Å². The van der Waals surface area contributed by atoms with Crippen molar-refractivity contribution in [1.29, 1.82) is 0 Å². The fraction of sp³-hybridized carbons (Fsp3) is 0.250. The van der Waals surface area contributed by atoms with Crippen LogP contribution >= 0.6 is 15.9 Å². The molecule has 30 heavy (non-hydrogen) atoms. The lowest BCUT2D eigenvalue weighted by Gasteiger charge is -2.10. The third-order valence-corrected chi connectivity index (χ3v) is 6.36. The molecular weight excluding hydrogens is 440 g/mol. The summed E-state index contributed by atoms with van der Waals surface area (Å²) >= 11 is 3.51. The maximum atomic E-state index is 12.8. The topological polar surface area (TPSA) is 51.9 Å². The Hall–Kier alpha value is -2.86. The van der Waals surface area contributed by atoms with Gasteiger partial charge in [0.15, 0.2) is 0 Å². The average Bonchev–Trinajstić information content (AvgIpc) is 3.24. The summed E-state index contributed by atoms with van der Waals surface area (Å²) in [4.78, 5) is 12.8. The van der Waals surface area contributed by atoms with Crippen molar-refractivity contribution in [2.45, 2.75) is 40.4 Å². The van der Waals surface area contributed by atoms with Crippen LogP contribution in [-0.2, 0) is 19.6 Å². The van der Waals surface area contributed by atoms with Crippen molar-refractivity contribution in [2.24, 2.45) is 0 Å². The van der Waals surface area contributed by atoms with Gasteiger partial charge in [0, 0.05) is 35.2 Å². The van der Waals surface area contributed by atoms with Crippen molar-refractivity contribution in [2.75, 3.05) is 0 Å². The number of nitrogens with zero attached hydrogens (tertiary/aromatic N) is 3. The molecular formula is C24H25BrN4O. The lowest BCUT2D eigenvalue weighted by atomic mass is 10.1. The molecule has 0 bridgehead atoms. The number of fused-ring (bicyclic) bond motifs is 1. The summed E-state index contributed by atoms with van der Waals surface area (Å²) in [6, 6.07) is 16.4. The fourth-order valence-corrected chi connectivity index (χ4v) is 4.30. The van der Waals surface area contributed by atoms with Crippen molar-refractivity contribution in [3.8, 4) is 0 Å². The van der Waals surface area contributed by atoms with E-state index >= 15 is 0 Å². The number of hydrogen-bond acceptors (Lipinski definition) is 2. The van der Waals surface area contributed by atoms with Gasteiger partial charge in [-0.3, -0.25) is 9.48 Å². The molecule has 0 atom stereocenters. The number of benzene rings is 2. The Morgan fingerprint density at radius 2 is 1.90 bits per heavy atom. The van der Waals surface area contributed by atoms with Gasteiger partial charge in [-0.05, 0) is 66.0 Å². The minimum absolute atomic E-state index is 0.0829. The van der Waals surface area contributed by atoms with Gasteiger partial charge in [-0.1, -0.05) is 30.3 Å². The molecule has 5 nitrogen and oxygen atoms in total. The van der Waals surface area contributed by atoms with Crippen LogP contribution in [0.25, 0.3) is 10.9 Å². The Morgan fingerprint density at radius 3 is 2.63 bits per heavy atom. The summed E-state index contributed by atoms with van der Waals surface area (Å²) in [6.07, 6.45) is 1.76. The summed E-state index contributed by atoms with van der Waals surface area (Å²) < 4.78 is 5.10. The van der Waals surface area contributed by atoms with Crippen LogP contribution in [0.1, 0.15) is 39.8 Å². The molecule has 2 heterocycles. The zero-order chi connectivity index (χ0) is 21.3. The first-order valence-corrected chi connectivity index (χ1v) is 10.9. The first-order valence-electron chi connectivity index (χ1n) is 10.1. The number of hydrogen-bond donors (Lipinski definition) is 1. The second-order valence-corrected chi connectivity index (χ2v) is 8.31. The number of amides is 1. The van der Waals surface area contributed by atoms with E-state index in [2.05, 4.69) is 75.1 Å². The van der Waals surface area contributed by atoms with E-state index in [0.717, 1.165) is 34.2 Å². The Labute approximate surface area is 184 Å². The summed E-state index contributed by atoms with van der Waals surface area (Å²) in [6.45, 7) is 8.30. The first-order chi connectivity index (χ1) is 14.5. The molecule has 0 aliphatic carbocycles. The average molecular weight is 465 g/mol. The number of aromatic nitrogens is 3. The first kappa shape index (κ1) is 20.4. The molecule has 6 heteroatoms. The molecule has 0 fully saturated rings. The Bertz CT molecular complexity index is 1210. The van der Waals surface area contributed by atoms with Crippen molar-refractivity contribution in [3.05, 3.63) is 87.3 Å². The number of rotatable bonds is 6. The van der Waals surface area contributed by atoms with Crippen LogP contribution < -0.4 is 5.32 Å². The van der Waals surface area contributed by atoms with Gasteiger partial charge >= 0.3 is 0 Å². The maximum Gasteiger partial charge on any atom is 0.251 e. The van der Waals surface area contributed by atoms with Gasteiger partial charge < -0.3 is 9.88 Å². The number of halogens is 1. The van der Waals surface area contributed by atoms with Gasteiger partial charge in [-0.15, -0.1) is 0 Å². The van der Waals surface area contributed by atoms with Crippen molar-refractivity contribution >= 4 is 32.7 Å². The molecule has 0 aliphatic rings. The summed E-state index contributed by atoms with van der Waals surface area (Å²) in [5.74, 6) is -0.0829. The van der Waals surface area contributed by atoms with Gasteiger partial charge in [0.05, 0.1) is 22.9 Å². The molecule has 2 aromatic carbocycles. The molecule has 0 aliphatic heterocycles. The van der Waals surface area contributed by atoms with Gasteiger partial charge in [0.1, 0.15) is 0 Å². The van der Waals surface area contributed by atoms with Gasteiger partial charge in [0.2, 0.25) is 0 Å². The highest BCUT2D eigenvalue weighted by molar-refractivity contribution is 9.10. The SMILES string of the molecule is CCn1ncc(Br)c1CNC(=O)c1ccc2c(c1)c(C)c(C)n2Cc1ccccc1. The van der Waals surface area contributed by atoms with E-state index in [4.69, 9.17) is 0 Å². The van der Waals surface area contributed by atoms with Crippen LogP contribution in [0.4, 0.5) is 0 Å². The number of carbonyl (C=O) groups is 1. The van der Waals surface area contributed by atoms with Gasteiger partial charge in [-0.25, -0.2) is 0 Å². The zero-order valence-electron chi connectivity index (χ0n) is 17.4. The highest BCUT2D eigenvalue weighted by atomic mass is 79.9. The molecule has 1 N–H and O–H groups in total. The van der Waals surface area contributed by atoms with Crippen LogP contribution in [0.15, 0.2) is 59.2 Å². The zero-order valence-corrected chi connectivity index (χ0v) is 19.0. The van der Waals surface area contributed by atoms with Crippen molar-refractivity contribution < 1.29 is 4.79 Å². The summed E-state index contributed by atoms with van der Waals surface area (Å²) in [5.41, 5.74) is 6.48. The molecule has 2 aromatic heterocycles. The monoisotopic (exact) mass is 464 g/mol. The summed E-state index contributed by atoms with van der Waals surface area (Å²) in [7, 11) is 0. The van der Waals surface area contributed by atoms with E-state index in [0.29, 0.717) is 12.1 Å². The number of aryl methyl sites for hydroxylation is 2. The number of carbonyl (C=O) groups excluding carboxylic acids is 1. The van der Waals surface area contributed by atoms with E-state index in [-0.39, 0.29) is 5.91 Å². The third-order valence-electron chi connectivity index (χ3n) is 5.70. The molecule has 4 rings (SSSR count). The fourth-order valence-electron chi connectivity index (χ4n) is 3.86. The lowest BCUT2D eigenvalue weighted by Crippen LogP contribution is -2.24. The van der Waals surface area contributed by atoms with Crippen LogP contribution in [0.2, 0.25) is 0 Å². The predicted octanol–water partition coefficient (Wildman–Crippen LogP) is 5.22. The van der Waals surface area contributed by atoms with Gasteiger partial charge in [-0.2, -0.15) is 5.10 Å². The van der Waals surface area contributed by atoms with E-state index in [1.54, 1.807) is 6.20 Å². The molecule has 0 unspecified atom stereocenters. The maximum absolute atomic E-state index is 12.8. The lowest BCUT2D eigenvalue weighted by molar-refractivity contribution is 0.0950. The largest absolute Gasteiger partial charge is 0.346 e. The van der Waals surface area contributed by atoms with E-state index in [9.17, 15) is 4.79 Å². The normalized spacial score (nSPS) is 11.2. The summed E-state index contributed by atoms with van der Waals surface area (Å²) in [5, 5.41) is 8.45. The molecule has 0 spiro atoms. The van der Waals surface area contributed by atoms with Crippen LogP contribution in [0.3, 0.4) is 0 Å². The predicted molar refractivity (Wildman–Crippen MR) is 124 cm³/mol. The Balaban J connectivity index is 1.59. The molecule has 0 radical (unpaired) electrons. The number of nitrogens with one attached hydrogen (secondary N) is 1. The third kappa shape index (κ3) is 3.79. The quantitative estimate of drug-likeness (QED) is 0.425. The van der Waals surface area contributed by atoms with E-state index in [1.807, 2.05) is 29.8 Å². The molecule has 4 aromatic rings.